The number of carbonyl (C=O) groups excluding carboxylic acids is 1. The number of aliphatic carboxylic acids is 1. The molecule has 5 N–H and O–H groups in total. The third kappa shape index (κ3) is 3.46. The molecular weight excluding hydrogens is 212 g/mol. The highest BCUT2D eigenvalue weighted by Crippen LogP contribution is 2.11. The molecule has 0 saturated carbocycles. The van der Waals surface area contributed by atoms with Gasteiger partial charge in [-0.1, -0.05) is 13.8 Å². The fourth-order valence-corrected chi connectivity index (χ4v) is 1.24. The van der Waals surface area contributed by atoms with Gasteiger partial charge in [0.05, 0.1) is 11.6 Å². The fourth-order valence-electron chi connectivity index (χ4n) is 1.24. The van der Waals surface area contributed by atoms with Gasteiger partial charge in [-0.15, -0.1) is 0 Å². The van der Waals surface area contributed by atoms with Crippen LogP contribution in [0.15, 0.2) is 0 Å². The molecule has 0 unspecified atom stereocenters. The van der Waals surface area contributed by atoms with E-state index in [9.17, 15) is 14.7 Å². The van der Waals surface area contributed by atoms with E-state index in [0.29, 0.717) is 12.8 Å². The monoisotopic (exact) mass is 232 g/mol. The van der Waals surface area contributed by atoms with Crippen LogP contribution in [0.25, 0.3) is 0 Å². The van der Waals surface area contributed by atoms with E-state index in [0.717, 1.165) is 0 Å². The van der Waals surface area contributed by atoms with Crippen LogP contribution < -0.4 is 11.1 Å². The summed E-state index contributed by atoms with van der Waals surface area (Å²) >= 11 is 0. The normalized spacial score (nSPS) is 15.3. The predicted octanol–water partition coefficient (Wildman–Crippen LogP) is -0.546. The van der Waals surface area contributed by atoms with E-state index in [1.54, 1.807) is 13.8 Å². The van der Waals surface area contributed by atoms with Crippen LogP contribution in [-0.2, 0) is 9.59 Å². The van der Waals surface area contributed by atoms with Crippen molar-refractivity contribution in [1.82, 2.24) is 5.32 Å². The van der Waals surface area contributed by atoms with Crippen LogP contribution in [0.5, 0.6) is 0 Å². The smallest absolute Gasteiger partial charge is 0.328 e. The molecule has 6 heteroatoms. The van der Waals surface area contributed by atoms with Gasteiger partial charge in [0.1, 0.15) is 0 Å². The number of carboxylic acids is 1. The number of carbonyl (C=O) groups is 2. The average molecular weight is 232 g/mol. The molecule has 0 radical (unpaired) electrons. The third-order valence-corrected chi connectivity index (χ3v) is 2.75. The van der Waals surface area contributed by atoms with Gasteiger partial charge >= 0.3 is 5.97 Å². The molecule has 1 amide bonds. The van der Waals surface area contributed by atoms with Gasteiger partial charge in [-0.3, -0.25) is 4.79 Å². The van der Waals surface area contributed by atoms with Gasteiger partial charge in [-0.2, -0.15) is 0 Å². The number of hydrogen-bond donors (Lipinski definition) is 4. The summed E-state index contributed by atoms with van der Waals surface area (Å²) in [6.07, 6.45) is -0.359. The van der Waals surface area contributed by atoms with Crippen LogP contribution in [0.2, 0.25) is 0 Å². The van der Waals surface area contributed by atoms with Crippen molar-refractivity contribution in [2.24, 2.45) is 5.73 Å². The Hall–Kier alpha value is -1.14. The zero-order valence-electron chi connectivity index (χ0n) is 9.86. The van der Waals surface area contributed by atoms with Crippen molar-refractivity contribution in [1.29, 1.82) is 0 Å². The third-order valence-electron chi connectivity index (χ3n) is 2.75. The highest BCUT2D eigenvalue weighted by Gasteiger charge is 2.34. The maximum atomic E-state index is 11.7. The molecule has 94 valence electrons. The molecule has 6 nitrogen and oxygen atoms in total. The molecule has 2 atom stereocenters. The SMILES string of the molecule is CCC(N)(CC)C(=O)N[C@H](C(=O)O)[C@@H](C)O. The van der Waals surface area contributed by atoms with E-state index in [4.69, 9.17) is 10.8 Å². The van der Waals surface area contributed by atoms with Gasteiger partial charge < -0.3 is 21.3 Å². The van der Waals surface area contributed by atoms with Crippen molar-refractivity contribution in [2.45, 2.75) is 51.3 Å². The number of amides is 1. The molecule has 0 aromatic heterocycles. The topological polar surface area (TPSA) is 113 Å². The highest BCUT2D eigenvalue weighted by molar-refractivity contribution is 5.90. The largest absolute Gasteiger partial charge is 0.480 e. The number of carboxylic acid groups (broad SMARTS) is 1. The molecule has 0 aliphatic heterocycles. The summed E-state index contributed by atoms with van der Waals surface area (Å²) < 4.78 is 0. The summed E-state index contributed by atoms with van der Waals surface area (Å²) in [7, 11) is 0. The first-order valence-corrected chi connectivity index (χ1v) is 5.29. The number of nitrogens with two attached hydrogens (primary N) is 1. The van der Waals surface area contributed by atoms with Crippen molar-refractivity contribution in [3.05, 3.63) is 0 Å². The molecule has 0 aliphatic carbocycles. The fraction of sp³-hybridized carbons (Fsp3) is 0.800. The number of rotatable bonds is 6. The number of nitrogens with one attached hydrogen (secondary N) is 1. The van der Waals surface area contributed by atoms with Gasteiger partial charge in [-0.05, 0) is 19.8 Å². The van der Waals surface area contributed by atoms with Crippen molar-refractivity contribution in [2.75, 3.05) is 0 Å². The lowest BCUT2D eigenvalue weighted by molar-refractivity contribution is -0.145. The Kier molecular flexibility index (Phi) is 5.40. The summed E-state index contributed by atoms with van der Waals surface area (Å²) in [6.45, 7) is 4.80. The van der Waals surface area contributed by atoms with E-state index in [1.807, 2.05) is 0 Å². The van der Waals surface area contributed by atoms with E-state index in [-0.39, 0.29) is 0 Å². The average Bonchev–Trinajstić information content (AvgIpc) is 2.23. The maximum absolute atomic E-state index is 11.7. The van der Waals surface area contributed by atoms with Crippen LogP contribution in [0.3, 0.4) is 0 Å². The zero-order chi connectivity index (χ0) is 12.9. The molecule has 0 aromatic carbocycles. The predicted molar refractivity (Wildman–Crippen MR) is 58.7 cm³/mol. The first-order valence-electron chi connectivity index (χ1n) is 5.29. The lowest BCUT2D eigenvalue weighted by Crippen LogP contribution is -2.59. The molecule has 16 heavy (non-hydrogen) atoms. The first kappa shape index (κ1) is 14.9. The van der Waals surface area contributed by atoms with E-state index in [1.165, 1.54) is 6.92 Å². The molecule has 0 aliphatic rings. The standard InChI is InChI=1S/C10H20N2O4/c1-4-10(11,5-2)9(16)12-7(6(3)13)8(14)15/h6-7,13H,4-5,11H2,1-3H3,(H,12,16)(H,14,15)/t6-,7+/m1/s1. The summed E-state index contributed by atoms with van der Waals surface area (Å²) in [6, 6.07) is -1.33. The van der Waals surface area contributed by atoms with Gasteiger partial charge in [0.15, 0.2) is 6.04 Å². The minimum absolute atomic E-state index is 0.404. The highest BCUT2D eigenvalue weighted by atomic mass is 16.4. The number of aliphatic hydroxyl groups is 1. The van der Waals surface area contributed by atoms with Crippen LogP contribution in [0.1, 0.15) is 33.6 Å². The number of aliphatic hydroxyl groups excluding tert-OH is 1. The van der Waals surface area contributed by atoms with Gasteiger partial charge in [-0.25, -0.2) is 4.79 Å². The summed E-state index contributed by atoms with van der Waals surface area (Å²) in [5.74, 6) is -1.83. The van der Waals surface area contributed by atoms with Gasteiger partial charge in [0.25, 0.3) is 0 Å². The van der Waals surface area contributed by atoms with Gasteiger partial charge in [0.2, 0.25) is 5.91 Å². The Balaban J connectivity index is 4.70. The van der Waals surface area contributed by atoms with Crippen LogP contribution in [0, 0.1) is 0 Å². The molecule has 0 heterocycles. The van der Waals surface area contributed by atoms with E-state index in [2.05, 4.69) is 5.32 Å². The summed E-state index contributed by atoms with van der Waals surface area (Å²) in [5.41, 5.74) is 4.72. The van der Waals surface area contributed by atoms with Crippen LogP contribution in [0.4, 0.5) is 0 Å². The van der Waals surface area contributed by atoms with E-state index >= 15 is 0 Å². The second-order valence-corrected chi connectivity index (χ2v) is 3.89. The molecule has 0 aromatic rings. The maximum Gasteiger partial charge on any atom is 0.328 e. The molecular formula is C10H20N2O4. The van der Waals surface area contributed by atoms with Crippen molar-refractivity contribution < 1.29 is 19.8 Å². The lowest BCUT2D eigenvalue weighted by atomic mass is 9.92. The molecule has 0 saturated heterocycles. The van der Waals surface area contributed by atoms with Crippen LogP contribution in [-0.4, -0.2) is 39.8 Å². The lowest BCUT2D eigenvalue weighted by Gasteiger charge is -2.28. The summed E-state index contributed by atoms with van der Waals surface area (Å²) in [4.78, 5) is 22.5. The minimum Gasteiger partial charge on any atom is -0.480 e. The number of hydrogen-bond acceptors (Lipinski definition) is 4. The Bertz CT molecular complexity index is 262. The molecule has 0 bridgehead atoms. The second-order valence-electron chi connectivity index (χ2n) is 3.89. The minimum atomic E-state index is -1.33. The van der Waals surface area contributed by atoms with Crippen LogP contribution >= 0.6 is 0 Å². The molecule has 0 rings (SSSR count). The quantitative estimate of drug-likeness (QED) is 0.491. The van der Waals surface area contributed by atoms with Gasteiger partial charge in [0, 0.05) is 0 Å². The first-order chi connectivity index (χ1) is 7.28. The Labute approximate surface area is 94.8 Å². The van der Waals surface area contributed by atoms with E-state index < -0.39 is 29.6 Å². The molecule has 0 spiro atoms. The van der Waals surface area contributed by atoms with Crippen molar-refractivity contribution in [3.8, 4) is 0 Å². The Morgan fingerprint density at radius 2 is 1.81 bits per heavy atom. The Morgan fingerprint density at radius 3 is 2.06 bits per heavy atom. The second kappa shape index (κ2) is 5.81. The zero-order valence-corrected chi connectivity index (χ0v) is 9.86. The molecule has 0 fully saturated rings. The summed E-state index contributed by atoms with van der Waals surface area (Å²) in [5, 5.41) is 20.2. The Morgan fingerprint density at radius 1 is 1.38 bits per heavy atom. The van der Waals surface area contributed by atoms with Crippen molar-refractivity contribution >= 4 is 11.9 Å². The van der Waals surface area contributed by atoms with Crippen molar-refractivity contribution in [3.63, 3.8) is 0 Å².